The van der Waals surface area contributed by atoms with Crippen molar-refractivity contribution in [1.29, 1.82) is 0 Å². The fourth-order valence-electron chi connectivity index (χ4n) is 2.21. The molecule has 0 saturated carbocycles. The standard InChI is InChI=1S/C13H16N2OS3/c1-7(2)8-5-19-13-10(8)12(16)14-11(15-13)9-6-17-3-4-18-9/h5,7,9H,3-4,6H2,1-2H3,(H,14,15,16). The highest BCUT2D eigenvalue weighted by Gasteiger charge is 2.21. The highest BCUT2D eigenvalue weighted by Crippen LogP contribution is 2.36. The minimum atomic E-state index is 0.0288. The van der Waals surface area contributed by atoms with Gasteiger partial charge in [0.25, 0.3) is 5.56 Å². The van der Waals surface area contributed by atoms with E-state index in [9.17, 15) is 4.79 Å². The van der Waals surface area contributed by atoms with Crippen molar-refractivity contribution in [3.8, 4) is 0 Å². The van der Waals surface area contributed by atoms with Crippen molar-refractivity contribution < 1.29 is 0 Å². The van der Waals surface area contributed by atoms with E-state index in [0.717, 1.165) is 33.1 Å². The summed E-state index contributed by atoms with van der Waals surface area (Å²) in [4.78, 5) is 20.9. The molecule has 1 atom stereocenters. The van der Waals surface area contributed by atoms with Crippen molar-refractivity contribution in [1.82, 2.24) is 9.97 Å². The summed E-state index contributed by atoms with van der Waals surface area (Å²) in [5.41, 5.74) is 1.15. The number of rotatable bonds is 2. The lowest BCUT2D eigenvalue weighted by Crippen LogP contribution is -2.17. The topological polar surface area (TPSA) is 45.8 Å². The number of hydrogen-bond donors (Lipinski definition) is 1. The number of nitrogens with zero attached hydrogens (tertiary/aromatic N) is 1. The zero-order valence-corrected chi connectivity index (χ0v) is 13.4. The van der Waals surface area contributed by atoms with Crippen LogP contribution in [0.5, 0.6) is 0 Å². The number of aromatic amines is 1. The molecule has 19 heavy (non-hydrogen) atoms. The van der Waals surface area contributed by atoms with Gasteiger partial charge in [-0.25, -0.2) is 4.98 Å². The first-order chi connectivity index (χ1) is 9.16. The Morgan fingerprint density at radius 1 is 1.42 bits per heavy atom. The molecule has 0 spiro atoms. The van der Waals surface area contributed by atoms with Gasteiger partial charge in [-0.15, -0.1) is 23.1 Å². The molecule has 102 valence electrons. The molecule has 0 amide bonds. The highest BCUT2D eigenvalue weighted by atomic mass is 32.2. The smallest absolute Gasteiger partial charge is 0.259 e. The summed E-state index contributed by atoms with van der Waals surface area (Å²) in [5.74, 6) is 4.60. The molecule has 3 heterocycles. The summed E-state index contributed by atoms with van der Waals surface area (Å²) in [6.07, 6.45) is 0. The summed E-state index contributed by atoms with van der Waals surface area (Å²) < 4.78 is 0. The van der Waals surface area contributed by atoms with E-state index in [0.29, 0.717) is 11.2 Å². The summed E-state index contributed by atoms with van der Waals surface area (Å²) in [6, 6.07) is 0. The van der Waals surface area contributed by atoms with Gasteiger partial charge in [-0.05, 0) is 16.9 Å². The third-order valence-corrected chi connectivity index (χ3v) is 6.89. The maximum Gasteiger partial charge on any atom is 0.259 e. The van der Waals surface area contributed by atoms with Crippen molar-refractivity contribution in [3.63, 3.8) is 0 Å². The van der Waals surface area contributed by atoms with Crippen LogP contribution in [0.2, 0.25) is 0 Å². The normalized spacial score (nSPS) is 20.3. The molecule has 1 fully saturated rings. The Kier molecular flexibility index (Phi) is 3.91. The van der Waals surface area contributed by atoms with Crippen LogP contribution < -0.4 is 5.56 Å². The number of thioether (sulfide) groups is 2. The van der Waals surface area contributed by atoms with Gasteiger partial charge < -0.3 is 4.98 Å². The lowest BCUT2D eigenvalue weighted by atomic mass is 10.0. The van der Waals surface area contributed by atoms with E-state index in [1.54, 1.807) is 11.3 Å². The molecular weight excluding hydrogens is 296 g/mol. The van der Waals surface area contributed by atoms with E-state index in [-0.39, 0.29) is 5.56 Å². The van der Waals surface area contributed by atoms with Crippen LogP contribution in [0, 0.1) is 0 Å². The average molecular weight is 312 g/mol. The second kappa shape index (κ2) is 5.50. The molecule has 6 heteroatoms. The summed E-state index contributed by atoms with van der Waals surface area (Å²) in [7, 11) is 0. The molecule has 0 radical (unpaired) electrons. The third-order valence-electron chi connectivity index (χ3n) is 3.23. The van der Waals surface area contributed by atoms with Crippen molar-refractivity contribution in [3.05, 3.63) is 27.1 Å². The highest BCUT2D eigenvalue weighted by molar-refractivity contribution is 8.06. The number of H-pyrrole nitrogens is 1. The minimum Gasteiger partial charge on any atom is -0.309 e. The van der Waals surface area contributed by atoms with Gasteiger partial charge in [0.15, 0.2) is 0 Å². The summed E-state index contributed by atoms with van der Waals surface area (Å²) in [6.45, 7) is 4.23. The van der Waals surface area contributed by atoms with Crippen molar-refractivity contribution >= 4 is 45.1 Å². The Morgan fingerprint density at radius 2 is 2.26 bits per heavy atom. The zero-order chi connectivity index (χ0) is 13.4. The number of aromatic nitrogens is 2. The second-order valence-electron chi connectivity index (χ2n) is 4.91. The molecule has 1 aliphatic heterocycles. The predicted octanol–water partition coefficient (Wildman–Crippen LogP) is 3.63. The molecule has 0 aliphatic carbocycles. The van der Waals surface area contributed by atoms with Crippen molar-refractivity contribution in [2.24, 2.45) is 0 Å². The molecule has 1 saturated heterocycles. The van der Waals surface area contributed by atoms with Gasteiger partial charge in [-0.3, -0.25) is 4.79 Å². The molecule has 1 unspecified atom stereocenters. The fraction of sp³-hybridized carbons (Fsp3) is 0.538. The predicted molar refractivity (Wildman–Crippen MR) is 86.9 cm³/mol. The lowest BCUT2D eigenvalue weighted by molar-refractivity contribution is 0.874. The van der Waals surface area contributed by atoms with E-state index in [4.69, 9.17) is 4.98 Å². The Labute approximate surface area is 124 Å². The van der Waals surface area contributed by atoms with Crippen molar-refractivity contribution in [2.75, 3.05) is 17.3 Å². The van der Waals surface area contributed by atoms with Gasteiger partial charge in [-0.1, -0.05) is 13.8 Å². The van der Waals surface area contributed by atoms with Gasteiger partial charge in [0.2, 0.25) is 0 Å². The van der Waals surface area contributed by atoms with E-state index in [2.05, 4.69) is 24.2 Å². The van der Waals surface area contributed by atoms with Crippen LogP contribution in [-0.2, 0) is 0 Å². The Morgan fingerprint density at radius 3 is 2.95 bits per heavy atom. The molecule has 2 aromatic heterocycles. The van der Waals surface area contributed by atoms with Crippen LogP contribution in [0.25, 0.3) is 10.2 Å². The SMILES string of the molecule is CC(C)c1csc2nc(C3CSCCS3)[nH]c(=O)c12. The molecule has 0 bridgehead atoms. The van der Waals surface area contributed by atoms with Crippen molar-refractivity contribution in [2.45, 2.75) is 25.0 Å². The van der Waals surface area contributed by atoms with Gasteiger partial charge in [0.05, 0.1) is 10.6 Å². The Bertz CT molecular complexity index is 641. The molecule has 1 N–H and O–H groups in total. The molecule has 2 aromatic rings. The summed E-state index contributed by atoms with van der Waals surface area (Å²) >= 11 is 5.42. The molecule has 1 aliphatic rings. The van der Waals surface area contributed by atoms with Gasteiger partial charge in [0, 0.05) is 17.3 Å². The van der Waals surface area contributed by atoms with Crippen LogP contribution in [0.15, 0.2) is 10.2 Å². The van der Waals surface area contributed by atoms with E-state index >= 15 is 0 Å². The first-order valence-electron chi connectivity index (χ1n) is 6.37. The first-order valence-corrected chi connectivity index (χ1v) is 9.45. The zero-order valence-electron chi connectivity index (χ0n) is 10.9. The number of hydrogen-bond acceptors (Lipinski definition) is 5. The Hall–Kier alpha value is -0.460. The lowest BCUT2D eigenvalue weighted by Gasteiger charge is -2.19. The minimum absolute atomic E-state index is 0.0288. The number of nitrogens with one attached hydrogen (secondary N) is 1. The number of thiophene rings is 1. The molecule has 0 aromatic carbocycles. The fourth-order valence-corrected chi connectivity index (χ4v) is 5.94. The van der Waals surface area contributed by atoms with E-state index in [1.165, 1.54) is 5.75 Å². The first kappa shape index (κ1) is 13.5. The maximum absolute atomic E-state index is 12.3. The molecule has 3 nitrogen and oxygen atoms in total. The quantitative estimate of drug-likeness (QED) is 0.920. The van der Waals surface area contributed by atoms with Gasteiger partial charge in [-0.2, -0.15) is 11.8 Å². The van der Waals surface area contributed by atoms with Gasteiger partial charge in [0.1, 0.15) is 10.7 Å². The molecular formula is C13H16N2OS3. The average Bonchev–Trinajstić information content (AvgIpc) is 2.84. The third kappa shape index (κ3) is 2.58. The monoisotopic (exact) mass is 312 g/mol. The molecule has 3 rings (SSSR count). The van der Waals surface area contributed by atoms with Crippen LogP contribution >= 0.6 is 34.9 Å². The van der Waals surface area contributed by atoms with Crippen LogP contribution in [0.1, 0.15) is 36.4 Å². The van der Waals surface area contributed by atoms with Gasteiger partial charge >= 0.3 is 0 Å². The van der Waals surface area contributed by atoms with Crippen LogP contribution in [0.4, 0.5) is 0 Å². The Balaban J connectivity index is 2.07. The maximum atomic E-state index is 12.3. The van der Waals surface area contributed by atoms with Crippen LogP contribution in [0.3, 0.4) is 0 Å². The van der Waals surface area contributed by atoms with E-state index < -0.39 is 0 Å². The van der Waals surface area contributed by atoms with Crippen LogP contribution in [-0.4, -0.2) is 27.2 Å². The van der Waals surface area contributed by atoms with E-state index in [1.807, 2.05) is 23.5 Å². The second-order valence-corrected chi connectivity index (χ2v) is 8.23. The summed E-state index contributed by atoms with van der Waals surface area (Å²) in [5, 5.41) is 3.20. The number of fused-ring (bicyclic) bond motifs is 1. The largest absolute Gasteiger partial charge is 0.309 e.